The van der Waals surface area contributed by atoms with Crippen LogP contribution in [-0.4, -0.2) is 40.6 Å². The Kier molecular flexibility index (Phi) is 6.54. The van der Waals surface area contributed by atoms with E-state index in [9.17, 15) is 4.79 Å². The highest BCUT2D eigenvalue weighted by molar-refractivity contribution is 7.13. The van der Waals surface area contributed by atoms with Gasteiger partial charge in [0.1, 0.15) is 10.8 Å². The van der Waals surface area contributed by atoms with Crippen LogP contribution in [-0.2, 0) is 6.54 Å². The Morgan fingerprint density at radius 1 is 1.09 bits per heavy atom. The normalized spacial score (nSPS) is 17.0. The molecule has 1 aliphatic carbocycles. The van der Waals surface area contributed by atoms with Gasteiger partial charge in [-0.1, -0.05) is 19.3 Å². The number of aromatic nitrogens is 2. The molecule has 0 atom stereocenters. The van der Waals surface area contributed by atoms with Crippen LogP contribution in [0.1, 0.15) is 61.0 Å². The second kappa shape index (κ2) is 9.72. The number of amides is 1. The molecular weight excluding hydrogens is 430 g/mol. The molecule has 2 aromatic heterocycles. The number of thiazole rings is 1. The van der Waals surface area contributed by atoms with Gasteiger partial charge in [-0.2, -0.15) is 0 Å². The zero-order valence-electron chi connectivity index (χ0n) is 19.7. The fourth-order valence-corrected chi connectivity index (χ4v) is 6.11. The van der Waals surface area contributed by atoms with E-state index in [0.29, 0.717) is 5.92 Å². The number of hydrogen-bond acceptors (Lipinski definition) is 4. The Hall–Kier alpha value is -2.60. The Bertz CT molecular complexity index is 1100. The van der Waals surface area contributed by atoms with Crippen LogP contribution in [0.3, 0.4) is 0 Å². The minimum atomic E-state index is 0.180. The number of carbonyl (C=O) groups excluding carboxylic acids is 1. The molecule has 0 unspecified atom stereocenters. The standard InChI is InChI=1S/C27H33N3O2S/c1-19-23(27(31)29-14-6-7-15-29)16-25(30(19)17-20-8-4-3-5-9-20)24-18-33-26(28-24)21-10-12-22(32-2)13-11-21/h10-13,16,18,20H,3-9,14-15,17H2,1-2H3. The molecular formula is C27H33N3O2S. The lowest BCUT2D eigenvalue weighted by Crippen LogP contribution is -2.28. The Morgan fingerprint density at radius 2 is 1.82 bits per heavy atom. The third kappa shape index (κ3) is 4.58. The molecule has 1 saturated heterocycles. The molecule has 0 N–H and O–H groups in total. The van der Waals surface area contributed by atoms with Crippen LogP contribution in [0.2, 0.25) is 0 Å². The molecule has 3 aromatic rings. The Labute approximate surface area is 200 Å². The molecule has 0 bridgehead atoms. The topological polar surface area (TPSA) is 47.4 Å². The maximum Gasteiger partial charge on any atom is 0.255 e. The summed E-state index contributed by atoms with van der Waals surface area (Å²) in [6, 6.07) is 10.1. The van der Waals surface area contributed by atoms with E-state index in [1.165, 1.54) is 32.1 Å². The van der Waals surface area contributed by atoms with Crippen molar-refractivity contribution in [3.05, 3.63) is 47.0 Å². The van der Waals surface area contributed by atoms with E-state index in [0.717, 1.165) is 71.4 Å². The van der Waals surface area contributed by atoms with E-state index in [1.54, 1.807) is 18.4 Å². The van der Waals surface area contributed by atoms with Crippen molar-refractivity contribution in [1.82, 2.24) is 14.5 Å². The van der Waals surface area contributed by atoms with E-state index in [1.807, 2.05) is 17.0 Å². The lowest BCUT2D eigenvalue weighted by atomic mass is 9.89. The van der Waals surface area contributed by atoms with Gasteiger partial charge in [-0.15, -0.1) is 11.3 Å². The largest absolute Gasteiger partial charge is 0.497 e. The summed E-state index contributed by atoms with van der Waals surface area (Å²) < 4.78 is 7.67. The predicted molar refractivity (Wildman–Crippen MR) is 134 cm³/mol. The maximum atomic E-state index is 13.3. The van der Waals surface area contributed by atoms with E-state index in [4.69, 9.17) is 9.72 Å². The zero-order valence-corrected chi connectivity index (χ0v) is 20.5. The van der Waals surface area contributed by atoms with Crippen LogP contribution in [0, 0.1) is 12.8 Å². The minimum Gasteiger partial charge on any atom is -0.497 e. The van der Waals surface area contributed by atoms with Crippen LogP contribution >= 0.6 is 11.3 Å². The molecule has 0 radical (unpaired) electrons. The van der Waals surface area contributed by atoms with Gasteiger partial charge in [-0.25, -0.2) is 4.98 Å². The third-order valence-corrected chi connectivity index (χ3v) is 8.15. The number of rotatable bonds is 6. The van der Waals surface area contributed by atoms with Gasteiger partial charge >= 0.3 is 0 Å². The van der Waals surface area contributed by atoms with Crippen LogP contribution in [0.25, 0.3) is 22.0 Å². The SMILES string of the molecule is COc1ccc(-c2nc(-c3cc(C(=O)N4CCCC4)c(C)n3CC3CCCCC3)cs2)cc1. The van der Waals surface area contributed by atoms with Gasteiger partial charge in [-0.3, -0.25) is 4.79 Å². The van der Waals surface area contributed by atoms with Gasteiger partial charge in [0.25, 0.3) is 5.91 Å². The smallest absolute Gasteiger partial charge is 0.255 e. The summed E-state index contributed by atoms with van der Waals surface area (Å²) in [6.45, 7) is 4.84. The van der Waals surface area contributed by atoms with Crippen molar-refractivity contribution in [1.29, 1.82) is 0 Å². The van der Waals surface area contributed by atoms with Crippen molar-refractivity contribution < 1.29 is 9.53 Å². The van der Waals surface area contributed by atoms with Crippen molar-refractivity contribution in [2.75, 3.05) is 20.2 Å². The molecule has 2 fully saturated rings. The average molecular weight is 464 g/mol. The number of ether oxygens (including phenoxy) is 1. The number of likely N-dealkylation sites (tertiary alicyclic amines) is 1. The number of methoxy groups -OCH3 is 1. The number of hydrogen-bond donors (Lipinski definition) is 0. The molecule has 174 valence electrons. The Balaban J connectivity index is 1.50. The molecule has 1 amide bonds. The average Bonchev–Trinajstić information content (AvgIpc) is 3.61. The zero-order chi connectivity index (χ0) is 22.8. The Morgan fingerprint density at radius 3 is 2.52 bits per heavy atom. The maximum absolute atomic E-state index is 13.3. The van der Waals surface area contributed by atoms with Crippen LogP contribution in [0.15, 0.2) is 35.7 Å². The third-order valence-electron chi connectivity index (χ3n) is 7.26. The fourth-order valence-electron chi connectivity index (χ4n) is 5.29. The molecule has 3 heterocycles. The van der Waals surface area contributed by atoms with Crippen molar-refractivity contribution in [2.24, 2.45) is 5.92 Å². The first-order valence-corrected chi connectivity index (χ1v) is 13.1. The summed E-state index contributed by atoms with van der Waals surface area (Å²) in [7, 11) is 1.68. The molecule has 6 heteroatoms. The lowest BCUT2D eigenvalue weighted by molar-refractivity contribution is 0.0792. The number of benzene rings is 1. The van der Waals surface area contributed by atoms with Gasteiger partial charge in [0, 0.05) is 36.3 Å². The monoisotopic (exact) mass is 463 g/mol. The highest BCUT2D eigenvalue weighted by Crippen LogP contribution is 2.35. The van der Waals surface area contributed by atoms with Gasteiger partial charge in [0.15, 0.2) is 0 Å². The van der Waals surface area contributed by atoms with Gasteiger partial charge in [-0.05, 0) is 68.9 Å². The van der Waals surface area contributed by atoms with Crippen LogP contribution in [0.5, 0.6) is 5.75 Å². The van der Waals surface area contributed by atoms with Crippen molar-refractivity contribution in [3.63, 3.8) is 0 Å². The highest BCUT2D eigenvalue weighted by atomic mass is 32.1. The fraction of sp³-hybridized carbons (Fsp3) is 0.481. The summed E-state index contributed by atoms with van der Waals surface area (Å²) in [5, 5.41) is 3.12. The first kappa shape index (κ1) is 22.2. The summed E-state index contributed by atoms with van der Waals surface area (Å²) in [4.78, 5) is 20.3. The predicted octanol–water partition coefficient (Wildman–Crippen LogP) is 6.41. The molecule has 1 saturated carbocycles. The summed E-state index contributed by atoms with van der Waals surface area (Å²) in [6.07, 6.45) is 8.76. The second-order valence-electron chi connectivity index (χ2n) is 9.41. The first-order valence-electron chi connectivity index (χ1n) is 12.2. The number of nitrogens with zero attached hydrogens (tertiary/aromatic N) is 3. The molecule has 1 aromatic carbocycles. The van der Waals surface area contributed by atoms with E-state index >= 15 is 0 Å². The summed E-state index contributed by atoms with van der Waals surface area (Å²) in [5.74, 6) is 1.70. The van der Waals surface area contributed by atoms with E-state index in [-0.39, 0.29) is 5.91 Å². The second-order valence-corrected chi connectivity index (χ2v) is 10.3. The van der Waals surface area contributed by atoms with Gasteiger partial charge in [0.05, 0.1) is 24.1 Å². The highest BCUT2D eigenvalue weighted by Gasteiger charge is 2.27. The van der Waals surface area contributed by atoms with Crippen molar-refractivity contribution in [2.45, 2.75) is 58.4 Å². The van der Waals surface area contributed by atoms with Crippen molar-refractivity contribution >= 4 is 17.2 Å². The van der Waals surface area contributed by atoms with Crippen LogP contribution in [0.4, 0.5) is 0 Å². The minimum absolute atomic E-state index is 0.180. The van der Waals surface area contributed by atoms with Gasteiger partial charge < -0.3 is 14.2 Å². The summed E-state index contributed by atoms with van der Waals surface area (Å²) in [5.41, 5.74) is 5.07. The first-order chi connectivity index (χ1) is 16.1. The van der Waals surface area contributed by atoms with Crippen LogP contribution < -0.4 is 4.74 Å². The quantitative estimate of drug-likeness (QED) is 0.424. The summed E-state index contributed by atoms with van der Waals surface area (Å²) >= 11 is 1.65. The molecule has 0 spiro atoms. The molecule has 1 aliphatic heterocycles. The van der Waals surface area contributed by atoms with Gasteiger partial charge in [0.2, 0.25) is 0 Å². The lowest BCUT2D eigenvalue weighted by Gasteiger charge is -2.24. The molecule has 33 heavy (non-hydrogen) atoms. The van der Waals surface area contributed by atoms with Crippen molar-refractivity contribution in [3.8, 4) is 27.7 Å². The van der Waals surface area contributed by atoms with E-state index in [2.05, 4.69) is 35.1 Å². The molecule has 2 aliphatic rings. The molecule has 5 nitrogen and oxygen atoms in total. The number of carbonyl (C=O) groups is 1. The molecule has 5 rings (SSSR count). The van der Waals surface area contributed by atoms with E-state index < -0.39 is 0 Å².